The molecule has 0 saturated heterocycles. The first kappa shape index (κ1) is 12.5. The van der Waals surface area contributed by atoms with E-state index in [9.17, 15) is 18.0 Å². The van der Waals surface area contributed by atoms with Crippen LogP contribution < -0.4 is 0 Å². The van der Waals surface area contributed by atoms with Crippen molar-refractivity contribution in [2.75, 3.05) is 0 Å². The lowest BCUT2D eigenvalue weighted by Crippen LogP contribution is -2.05. The molecular weight excluding hydrogens is 229 g/mol. The molecule has 0 saturated carbocycles. The molecule has 1 aromatic heterocycles. The van der Waals surface area contributed by atoms with Gasteiger partial charge in [-0.2, -0.15) is 18.2 Å². The summed E-state index contributed by atoms with van der Waals surface area (Å²) in [4.78, 5) is 13.3. The van der Waals surface area contributed by atoms with Gasteiger partial charge in [-0.3, -0.25) is 4.79 Å². The predicted molar refractivity (Wildman–Crippen MR) is 44.5 cm³/mol. The Labute approximate surface area is 88.3 Å². The van der Waals surface area contributed by atoms with E-state index in [0.29, 0.717) is 12.8 Å². The first-order valence-electron chi connectivity index (χ1n) is 4.51. The van der Waals surface area contributed by atoms with Crippen LogP contribution in [0.15, 0.2) is 4.52 Å². The van der Waals surface area contributed by atoms with Crippen molar-refractivity contribution in [2.24, 2.45) is 0 Å². The van der Waals surface area contributed by atoms with Crippen LogP contribution in [0.3, 0.4) is 0 Å². The number of alkyl halides is 3. The van der Waals surface area contributed by atoms with Crippen molar-refractivity contribution in [3.05, 3.63) is 11.7 Å². The van der Waals surface area contributed by atoms with Gasteiger partial charge in [0, 0.05) is 12.8 Å². The van der Waals surface area contributed by atoms with Gasteiger partial charge in [-0.1, -0.05) is 5.16 Å². The second-order valence-corrected chi connectivity index (χ2v) is 3.11. The molecule has 0 spiro atoms. The molecule has 1 N–H and O–H groups in total. The number of aromatic nitrogens is 2. The average Bonchev–Trinajstić information content (AvgIpc) is 2.59. The van der Waals surface area contributed by atoms with Crippen molar-refractivity contribution in [2.45, 2.75) is 31.9 Å². The van der Waals surface area contributed by atoms with Crippen LogP contribution in [0.2, 0.25) is 0 Å². The van der Waals surface area contributed by atoms with Crippen LogP contribution in [0.4, 0.5) is 13.2 Å². The third kappa shape index (κ3) is 3.87. The number of aryl methyl sites for hydroxylation is 1. The molecule has 0 atom stereocenters. The summed E-state index contributed by atoms with van der Waals surface area (Å²) in [6, 6.07) is 0. The number of carbonyl (C=O) groups is 1. The Morgan fingerprint density at radius 3 is 2.56 bits per heavy atom. The second-order valence-electron chi connectivity index (χ2n) is 3.11. The molecule has 0 aromatic carbocycles. The van der Waals surface area contributed by atoms with E-state index in [1.165, 1.54) is 0 Å². The number of carboxylic acids is 1. The maximum Gasteiger partial charge on any atom is 0.471 e. The lowest BCUT2D eigenvalue weighted by atomic mass is 10.2. The van der Waals surface area contributed by atoms with Gasteiger partial charge in [0.05, 0.1) is 0 Å². The highest BCUT2D eigenvalue weighted by molar-refractivity contribution is 5.66. The number of unbranched alkanes of at least 4 members (excludes halogenated alkanes) is 1. The molecular formula is C8H9F3N2O3. The molecule has 0 radical (unpaired) electrons. The Kier molecular flexibility index (Phi) is 3.86. The highest BCUT2D eigenvalue weighted by Gasteiger charge is 2.38. The second kappa shape index (κ2) is 4.95. The zero-order valence-electron chi connectivity index (χ0n) is 8.12. The molecule has 5 nitrogen and oxygen atoms in total. The molecule has 0 aliphatic carbocycles. The third-order valence-electron chi connectivity index (χ3n) is 1.75. The summed E-state index contributed by atoms with van der Waals surface area (Å²) in [7, 11) is 0. The number of halogens is 3. The number of carboxylic acid groups (broad SMARTS) is 1. The molecule has 0 bridgehead atoms. The minimum Gasteiger partial charge on any atom is -0.481 e. The van der Waals surface area contributed by atoms with E-state index in [-0.39, 0.29) is 18.7 Å². The van der Waals surface area contributed by atoms with E-state index < -0.39 is 18.0 Å². The predicted octanol–water partition coefficient (Wildman–Crippen LogP) is 1.89. The van der Waals surface area contributed by atoms with Gasteiger partial charge in [-0.25, -0.2) is 0 Å². The maximum absolute atomic E-state index is 12.0. The molecule has 90 valence electrons. The summed E-state index contributed by atoms with van der Waals surface area (Å²) in [5.74, 6) is -2.37. The van der Waals surface area contributed by atoms with E-state index in [4.69, 9.17) is 5.11 Å². The van der Waals surface area contributed by atoms with Gasteiger partial charge >= 0.3 is 18.0 Å². The number of rotatable bonds is 5. The van der Waals surface area contributed by atoms with Gasteiger partial charge in [0.25, 0.3) is 0 Å². The molecule has 0 unspecified atom stereocenters. The van der Waals surface area contributed by atoms with Gasteiger partial charge < -0.3 is 9.63 Å². The molecule has 1 rings (SSSR count). The smallest absolute Gasteiger partial charge is 0.471 e. The van der Waals surface area contributed by atoms with Crippen molar-refractivity contribution < 1.29 is 27.6 Å². The van der Waals surface area contributed by atoms with Crippen LogP contribution in [0.1, 0.15) is 31.0 Å². The van der Waals surface area contributed by atoms with Crippen LogP contribution in [0.25, 0.3) is 0 Å². The largest absolute Gasteiger partial charge is 0.481 e. The van der Waals surface area contributed by atoms with E-state index in [1.807, 2.05) is 0 Å². The van der Waals surface area contributed by atoms with Gasteiger partial charge in [0.15, 0.2) is 5.82 Å². The first-order chi connectivity index (χ1) is 7.39. The molecule has 0 aliphatic heterocycles. The Morgan fingerprint density at radius 1 is 1.38 bits per heavy atom. The third-order valence-corrected chi connectivity index (χ3v) is 1.75. The van der Waals surface area contributed by atoms with E-state index >= 15 is 0 Å². The first-order valence-corrected chi connectivity index (χ1v) is 4.51. The Morgan fingerprint density at radius 2 is 2.06 bits per heavy atom. The van der Waals surface area contributed by atoms with Crippen molar-refractivity contribution in [1.29, 1.82) is 0 Å². The summed E-state index contributed by atoms with van der Waals surface area (Å²) in [5.41, 5.74) is 0. The lowest BCUT2D eigenvalue weighted by Gasteiger charge is -1.96. The lowest BCUT2D eigenvalue weighted by molar-refractivity contribution is -0.159. The number of aliphatic carboxylic acids is 1. The van der Waals surface area contributed by atoms with Crippen LogP contribution in [0.5, 0.6) is 0 Å². The molecule has 0 amide bonds. The van der Waals surface area contributed by atoms with Crippen LogP contribution in [-0.4, -0.2) is 21.2 Å². The Hall–Kier alpha value is -1.60. The van der Waals surface area contributed by atoms with Crippen LogP contribution in [-0.2, 0) is 17.4 Å². The number of hydrogen-bond donors (Lipinski definition) is 1. The van der Waals surface area contributed by atoms with Gasteiger partial charge in [-0.05, 0) is 12.8 Å². The summed E-state index contributed by atoms with van der Waals surface area (Å²) in [6.07, 6.45) is -3.71. The zero-order valence-corrected chi connectivity index (χ0v) is 8.12. The van der Waals surface area contributed by atoms with Gasteiger partial charge in [0.1, 0.15) is 0 Å². The zero-order chi connectivity index (χ0) is 12.2. The Bertz CT molecular complexity index is 362. The fourth-order valence-electron chi connectivity index (χ4n) is 1.03. The highest BCUT2D eigenvalue weighted by Crippen LogP contribution is 2.27. The standard InChI is InChI=1S/C8H9F3N2O3/c9-8(10,11)7-12-5(13-16-7)3-1-2-4-6(14)15/h1-4H2,(H,14,15). The van der Waals surface area contributed by atoms with E-state index in [1.54, 1.807) is 0 Å². The van der Waals surface area contributed by atoms with Gasteiger partial charge in [0.2, 0.25) is 0 Å². The number of nitrogens with zero attached hydrogens (tertiary/aromatic N) is 2. The molecule has 8 heteroatoms. The highest BCUT2D eigenvalue weighted by atomic mass is 19.4. The van der Waals surface area contributed by atoms with E-state index in [2.05, 4.69) is 14.7 Å². The topological polar surface area (TPSA) is 76.2 Å². The minimum atomic E-state index is -4.63. The Balaban J connectivity index is 2.38. The molecule has 1 aromatic rings. The van der Waals surface area contributed by atoms with Crippen molar-refractivity contribution in [1.82, 2.24) is 10.1 Å². The van der Waals surface area contributed by atoms with E-state index in [0.717, 1.165) is 0 Å². The summed E-state index contributed by atoms with van der Waals surface area (Å²) in [6.45, 7) is 0. The fraction of sp³-hybridized carbons (Fsp3) is 0.625. The van der Waals surface area contributed by atoms with Crippen LogP contribution >= 0.6 is 0 Å². The maximum atomic E-state index is 12.0. The SMILES string of the molecule is O=C(O)CCCCc1noc(C(F)(F)F)n1. The molecule has 1 heterocycles. The van der Waals surface area contributed by atoms with Crippen molar-refractivity contribution in [3.8, 4) is 0 Å². The number of hydrogen-bond acceptors (Lipinski definition) is 4. The summed E-state index contributed by atoms with van der Waals surface area (Å²) >= 11 is 0. The summed E-state index contributed by atoms with van der Waals surface area (Å²) < 4.78 is 40.1. The fourth-order valence-corrected chi connectivity index (χ4v) is 1.03. The normalized spacial score (nSPS) is 11.7. The van der Waals surface area contributed by atoms with Crippen molar-refractivity contribution in [3.63, 3.8) is 0 Å². The monoisotopic (exact) mass is 238 g/mol. The van der Waals surface area contributed by atoms with Gasteiger partial charge in [-0.15, -0.1) is 0 Å². The molecule has 16 heavy (non-hydrogen) atoms. The molecule has 0 fully saturated rings. The minimum absolute atomic E-state index is 0.0238. The average molecular weight is 238 g/mol. The van der Waals surface area contributed by atoms with Crippen molar-refractivity contribution >= 4 is 5.97 Å². The summed E-state index contributed by atoms with van der Waals surface area (Å²) in [5, 5.41) is 11.5. The quantitative estimate of drug-likeness (QED) is 0.792. The van der Waals surface area contributed by atoms with Crippen LogP contribution in [0, 0.1) is 0 Å². The molecule has 0 aliphatic rings.